The highest BCUT2D eigenvalue weighted by Crippen LogP contribution is 2.17. The average molecular weight is 379 g/mol. The Labute approximate surface area is 159 Å². The number of fused-ring (bicyclic) bond motifs is 3. The van der Waals surface area contributed by atoms with Gasteiger partial charge in [0.15, 0.2) is 0 Å². The molecule has 0 atom stereocenters. The average Bonchev–Trinajstić information content (AvgIpc) is 3.18. The minimum atomic E-state index is -0.430. The van der Waals surface area contributed by atoms with E-state index in [2.05, 4.69) is 4.98 Å². The number of hydrogen-bond donors (Lipinski definition) is 0. The molecular weight excluding hydrogens is 361 g/mol. The number of halogens is 1. The topological polar surface area (TPSA) is 65.6 Å². The molecule has 0 bridgehead atoms. The molecule has 0 aliphatic heterocycles. The number of Topliss-reactive ketones (excluding diaryl/α,β-unsaturated/α-hetero) is 1. The lowest BCUT2D eigenvalue weighted by Gasteiger charge is -2.12. The first-order chi connectivity index (χ1) is 13.6. The molecule has 3 heterocycles. The minimum absolute atomic E-state index is 0.0515. The molecule has 1 aromatic carbocycles. The van der Waals surface area contributed by atoms with Crippen LogP contribution in [0, 0.1) is 5.82 Å². The van der Waals surface area contributed by atoms with Crippen molar-refractivity contribution in [3.8, 4) is 5.75 Å². The van der Waals surface area contributed by atoms with Crippen molar-refractivity contribution in [3.63, 3.8) is 0 Å². The molecule has 6 nitrogen and oxygen atoms in total. The molecule has 0 unspecified atom stereocenters. The number of pyridine rings is 1. The first-order valence-electron chi connectivity index (χ1n) is 8.86. The molecule has 0 amide bonds. The molecule has 0 spiro atoms. The Morgan fingerprint density at radius 1 is 1.14 bits per heavy atom. The van der Waals surface area contributed by atoms with Crippen LogP contribution in [0.25, 0.3) is 16.6 Å². The van der Waals surface area contributed by atoms with E-state index in [0.717, 1.165) is 0 Å². The summed E-state index contributed by atoms with van der Waals surface area (Å²) < 4.78 is 22.1. The van der Waals surface area contributed by atoms with E-state index in [1.165, 1.54) is 16.7 Å². The summed E-state index contributed by atoms with van der Waals surface area (Å²) in [6, 6.07) is 11.3. The molecule has 0 aliphatic carbocycles. The van der Waals surface area contributed by atoms with Gasteiger partial charge in [-0.2, -0.15) is 0 Å². The van der Waals surface area contributed by atoms with Gasteiger partial charge in [0.05, 0.1) is 24.3 Å². The van der Waals surface area contributed by atoms with Crippen LogP contribution in [-0.2, 0) is 17.8 Å². The van der Waals surface area contributed by atoms with Crippen LogP contribution in [0.4, 0.5) is 4.39 Å². The van der Waals surface area contributed by atoms with Gasteiger partial charge in [0.2, 0.25) is 0 Å². The normalized spacial score (nSPS) is 11.2. The zero-order valence-electron chi connectivity index (χ0n) is 15.3. The van der Waals surface area contributed by atoms with Crippen LogP contribution in [0.15, 0.2) is 59.7 Å². The van der Waals surface area contributed by atoms with Crippen molar-refractivity contribution in [2.24, 2.45) is 0 Å². The molecule has 0 saturated heterocycles. The Balaban J connectivity index is 1.61. The van der Waals surface area contributed by atoms with E-state index in [1.807, 2.05) is 0 Å². The number of rotatable bonds is 6. The van der Waals surface area contributed by atoms with Gasteiger partial charge in [0.25, 0.3) is 5.56 Å². The van der Waals surface area contributed by atoms with Crippen molar-refractivity contribution in [2.45, 2.75) is 19.4 Å². The number of carbonyl (C=O) groups excluding carboxylic acids is 1. The predicted octanol–water partition coefficient (Wildman–Crippen LogP) is 3.00. The SMILES string of the molecule is COc1ccc(CC(=O)CCn2c(=O)c3cccn3c3ccc(F)cc32)nc1. The summed E-state index contributed by atoms with van der Waals surface area (Å²) in [7, 11) is 1.55. The summed E-state index contributed by atoms with van der Waals surface area (Å²) >= 11 is 0. The van der Waals surface area contributed by atoms with E-state index in [1.54, 1.807) is 54.2 Å². The summed E-state index contributed by atoms with van der Waals surface area (Å²) in [6.07, 6.45) is 3.64. The van der Waals surface area contributed by atoms with Crippen molar-refractivity contribution in [3.05, 3.63) is 76.7 Å². The number of benzene rings is 1. The van der Waals surface area contributed by atoms with Gasteiger partial charge < -0.3 is 13.7 Å². The van der Waals surface area contributed by atoms with Crippen LogP contribution < -0.4 is 10.3 Å². The van der Waals surface area contributed by atoms with Crippen molar-refractivity contribution < 1.29 is 13.9 Å². The smallest absolute Gasteiger partial charge is 0.275 e. The summed E-state index contributed by atoms with van der Waals surface area (Å²) in [5.41, 5.74) is 2.05. The van der Waals surface area contributed by atoms with Crippen molar-refractivity contribution in [1.82, 2.24) is 14.0 Å². The fourth-order valence-corrected chi connectivity index (χ4v) is 3.31. The number of hydrogen-bond acceptors (Lipinski definition) is 4. The van der Waals surface area contributed by atoms with Crippen molar-refractivity contribution in [1.29, 1.82) is 0 Å². The van der Waals surface area contributed by atoms with Crippen LogP contribution in [0.3, 0.4) is 0 Å². The van der Waals surface area contributed by atoms with E-state index in [0.29, 0.717) is 28.0 Å². The molecule has 4 rings (SSSR count). The molecule has 28 heavy (non-hydrogen) atoms. The van der Waals surface area contributed by atoms with Crippen molar-refractivity contribution >= 4 is 22.3 Å². The Hall–Kier alpha value is -3.48. The first kappa shape index (κ1) is 17.9. The van der Waals surface area contributed by atoms with Gasteiger partial charge in [-0.1, -0.05) is 0 Å². The second-order valence-corrected chi connectivity index (χ2v) is 6.51. The van der Waals surface area contributed by atoms with Gasteiger partial charge in [-0.3, -0.25) is 14.6 Å². The predicted molar refractivity (Wildman–Crippen MR) is 103 cm³/mol. The highest BCUT2D eigenvalue weighted by molar-refractivity contribution is 5.82. The quantitative estimate of drug-likeness (QED) is 0.517. The number of ketones is 1. The number of methoxy groups -OCH3 is 1. The molecule has 3 aromatic heterocycles. The lowest BCUT2D eigenvalue weighted by Crippen LogP contribution is -2.24. The first-order valence-corrected chi connectivity index (χ1v) is 8.86. The Bertz CT molecular complexity index is 1230. The minimum Gasteiger partial charge on any atom is -0.495 e. The van der Waals surface area contributed by atoms with Crippen LogP contribution in [0.1, 0.15) is 12.1 Å². The molecule has 0 saturated carbocycles. The molecule has 0 N–H and O–H groups in total. The molecular formula is C21H18FN3O3. The van der Waals surface area contributed by atoms with Gasteiger partial charge in [-0.15, -0.1) is 0 Å². The molecule has 0 aliphatic rings. The number of aromatic nitrogens is 3. The summed E-state index contributed by atoms with van der Waals surface area (Å²) in [6.45, 7) is 0.176. The van der Waals surface area contributed by atoms with Crippen molar-refractivity contribution in [2.75, 3.05) is 7.11 Å². The lowest BCUT2D eigenvalue weighted by atomic mass is 10.1. The van der Waals surface area contributed by atoms with Crippen LogP contribution >= 0.6 is 0 Å². The monoisotopic (exact) mass is 379 g/mol. The van der Waals surface area contributed by atoms with E-state index in [9.17, 15) is 14.0 Å². The highest BCUT2D eigenvalue weighted by Gasteiger charge is 2.13. The van der Waals surface area contributed by atoms with Crippen LogP contribution in [0.2, 0.25) is 0 Å². The Morgan fingerprint density at radius 3 is 2.75 bits per heavy atom. The maximum Gasteiger partial charge on any atom is 0.275 e. The third-order valence-electron chi connectivity index (χ3n) is 4.73. The molecule has 0 fully saturated rings. The summed E-state index contributed by atoms with van der Waals surface area (Å²) in [4.78, 5) is 29.4. The summed E-state index contributed by atoms with van der Waals surface area (Å²) in [5, 5.41) is 0. The number of aryl methyl sites for hydroxylation is 1. The Kier molecular flexibility index (Phi) is 4.65. The highest BCUT2D eigenvalue weighted by atomic mass is 19.1. The van der Waals surface area contributed by atoms with Gasteiger partial charge in [-0.25, -0.2) is 4.39 Å². The van der Waals surface area contributed by atoms with Gasteiger partial charge in [0, 0.05) is 31.3 Å². The largest absolute Gasteiger partial charge is 0.495 e. The third kappa shape index (κ3) is 3.26. The molecule has 142 valence electrons. The van der Waals surface area contributed by atoms with E-state index >= 15 is 0 Å². The van der Waals surface area contributed by atoms with Gasteiger partial charge >= 0.3 is 0 Å². The summed E-state index contributed by atoms with van der Waals surface area (Å²) in [5.74, 6) is 0.141. The molecule has 7 heteroatoms. The maximum atomic E-state index is 13.8. The van der Waals surface area contributed by atoms with Gasteiger partial charge in [0.1, 0.15) is 22.9 Å². The lowest BCUT2D eigenvalue weighted by molar-refractivity contribution is -0.118. The van der Waals surface area contributed by atoms with Crippen LogP contribution in [0.5, 0.6) is 5.75 Å². The molecule has 4 aromatic rings. The van der Waals surface area contributed by atoms with E-state index in [4.69, 9.17) is 4.74 Å². The molecule has 0 radical (unpaired) electrons. The number of ether oxygens (including phenoxy) is 1. The van der Waals surface area contributed by atoms with Crippen LogP contribution in [-0.4, -0.2) is 26.8 Å². The van der Waals surface area contributed by atoms with Gasteiger partial charge in [-0.05, 0) is 42.5 Å². The van der Waals surface area contributed by atoms with E-state index in [-0.39, 0.29) is 30.7 Å². The fourth-order valence-electron chi connectivity index (χ4n) is 3.31. The maximum absolute atomic E-state index is 13.8. The van der Waals surface area contributed by atoms with E-state index < -0.39 is 5.82 Å². The number of nitrogens with zero attached hydrogens (tertiary/aromatic N) is 3. The zero-order chi connectivity index (χ0) is 19.7. The zero-order valence-corrected chi connectivity index (χ0v) is 15.3. The second kappa shape index (κ2) is 7.26. The third-order valence-corrected chi connectivity index (χ3v) is 4.73. The number of carbonyl (C=O) groups is 1. The Morgan fingerprint density at radius 2 is 2.00 bits per heavy atom. The fraction of sp³-hybridized carbons (Fsp3) is 0.190. The standard InChI is InChI=1S/C21H18FN3O3/c1-28-17-6-5-15(23-13-17)12-16(26)8-10-25-20-11-14(22)4-7-18(20)24-9-2-3-19(24)21(25)27/h2-7,9,11,13H,8,10,12H2,1H3. The second-order valence-electron chi connectivity index (χ2n) is 6.51.